The predicted molar refractivity (Wildman–Crippen MR) is 48.1 cm³/mol. The van der Waals surface area contributed by atoms with Crippen molar-refractivity contribution in [2.45, 2.75) is 6.92 Å². The standard InChI is InChI=1S/C9H7ClO3/c1-6(12)13-9-7(5-11)3-2-4-8(9)10/h2-5H,1H3. The zero-order valence-corrected chi connectivity index (χ0v) is 7.67. The van der Waals surface area contributed by atoms with E-state index >= 15 is 0 Å². The first kappa shape index (κ1) is 9.74. The Morgan fingerprint density at radius 2 is 2.23 bits per heavy atom. The summed E-state index contributed by atoms with van der Waals surface area (Å²) < 4.78 is 4.76. The number of esters is 1. The van der Waals surface area contributed by atoms with Gasteiger partial charge in [0.2, 0.25) is 0 Å². The lowest BCUT2D eigenvalue weighted by molar-refractivity contribution is -0.131. The van der Waals surface area contributed by atoms with E-state index < -0.39 is 5.97 Å². The number of hydrogen-bond donors (Lipinski definition) is 0. The number of ether oxygens (including phenoxy) is 1. The summed E-state index contributed by atoms with van der Waals surface area (Å²) in [7, 11) is 0. The molecule has 4 heteroatoms. The molecule has 0 aliphatic rings. The lowest BCUT2D eigenvalue weighted by Gasteiger charge is -2.05. The van der Waals surface area contributed by atoms with Crippen LogP contribution in [0, 0.1) is 0 Å². The van der Waals surface area contributed by atoms with Crippen LogP contribution >= 0.6 is 11.6 Å². The largest absolute Gasteiger partial charge is 0.424 e. The van der Waals surface area contributed by atoms with Crippen molar-refractivity contribution in [3.05, 3.63) is 28.8 Å². The Balaban J connectivity index is 3.14. The van der Waals surface area contributed by atoms with Crippen LogP contribution in [0.15, 0.2) is 18.2 Å². The molecule has 0 fully saturated rings. The normalized spacial score (nSPS) is 9.38. The Morgan fingerprint density at radius 1 is 1.54 bits per heavy atom. The Hall–Kier alpha value is -1.35. The molecule has 3 nitrogen and oxygen atoms in total. The molecule has 0 radical (unpaired) electrons. The minimum Gasteiger partial charge on any atom is -0.424 e. The van der Waals surface area contributed by atoms with E-state index in [-0.39, 0.29) is 16.3 Å². The summed E-state index contributed by atoms with van der Waals surface area (Å²) in [5.74, 6) is -0.386. The Morgan fingerprint density at radius 3 is 2.77 bits per heavy atom. The monoisotopic (exact) mass is 198 g/mol. The minimum atomic E-state index is -0.504. The van der Waals surface area contributed by atoms with Crippen molar-refractivity contribution < 1.29 is 14.3 Å². The zero-order chi connectivity index (χ0) is 9.84. The Labute approximate surface area is 80.3 Å². The van der Waals surface area contributed by atoms with Gasteiger partial charge in [0.15, 0.2) is 12.0 Å². The lowest BCUT2D eigenvalue weighted by atomic mass is 10.2. The van der Waals surface area contributed by atoms with Crippen LogP contribution in [-0.4, -0.2) is 12.3 Å². The number of hydrogen-bond acceptors (Lipinski definition) is 3. The van der Waals surface area contributed by atoms with Gasteiger partial charge in [-0.2, -0.15) is 0 Å². The fourth-order valence-corrected chi connectivity index (χ4v) is 1.09. The molecule has 0 amide bonds. The fraction of sp³-hybridized carbons (Fsp3) is 0.111. The highest BCUT2D eigenvalue weighted by molar-refractivity contribution is 6.32. The molecule has 0 N–H and O–H groups in total. The highest BCUT2D eigenvalue weighted by Gasteiger charge is 2.09. The van der Waals surface area contributed by atoms with Crippen LogP contribution < -0.4 is 4.74 Å². The third kappa shape index (κ3) is 2.29. The van der Waals surface area contributed by atoms with Crippen LogP contribution in [0.5, 0.6) is 5.75 Å². The molecule has 0 heterocycles. The summed E-state index contributed by atoms with van der Waals surface area (Å²) in [5.41, 5.74) is 0.266. The van der Waals surface area contributed by atoms with Crippen LogP contribution in [0.1, 0.15) is 17.3 Å². The summed E-state index contributed by atoms with van der Waals surface area (Å²) >= 11 is 5.72. The summed E-state index contributed by atoms with van der Waals surface area (Å²) in [6.45, 7) is 1.25. The van der Waals surface area contributed by atoms with Gasteiger partial charge in [0.1, 0.15) is 0 Å². The van der Waals surface area contributed by atoms with Crippen molar-refractivity contribution in [3.63, 3.8) is 0 Å². The predicted octanol–water partition coefficient (Wildman–Crippen LogP) is 2.08. The minimum absolute atomic E-state index is 0.117. The van der Waals surface area contributed by atoms with E-state index in [4.69, 9.17) is 16.3 Å². The molecule has 0 unspecified atom stereocenters. The maximum absolute atomic E-state index is 10.6. The molecule has 0 saturated heterocycles. The van der Waals surface area contributed by atoms with E-state index in [1.54, 1.807) is 12.1 Å². The molecular weight excluding hydrogens is 192 g/mol. The quantitative estimate of drug-likeness (QED) is 0.415. The lowest BCUT2D eigenvalue weighted by Crippen LogP contribution is -2.04. The van der Waals surface area contributed by atoms with Crippen LogP contribution in [-0.2, 0) is 4.79 Å². The average molecular weight is 199 g/mol. The molecule has 0 aromatic heterocycles. The first-order valence-electron chi connectivity index (χ1n) is 3.57. The number of carbonyl (C=O) groups is 2. The van der Waals surface area contributed by atoms with Gasteiger partial charge < -0.3 is 4.74 Å². The van der Waals surface area contributed by atoms with Crippen molar-refractivity contribution in [2.75, 3.05) is 0 Å². The van der Waals surface area contributed by atoms with Gasteiger partial charge in [0, 0.05) is 6.92 Å². The Bertz CT molecular complexity index is 347. The molecule has 0 aliphatic carbocycles. The average Bonchev–Trinajstić information content (AvgIpc) is 2.08. The van der Waals surface area contributed by atoms with Gasteiger partial charge in [-0.05, 0) is 12.1 Å². The van der Waals surface area contributed by atoms with Crippen LogP contribution in [0.4, 0.5) is 0 Å². The fourth-order valence-electron chi connectivity index (χ4n) is 0.870. The number of benzene rings is 1. The smallest absolute Gasteiger partial charge is 0.308 e. The van der Waals surface area contributed by atoms with Crippen molar-refractivity contribution in [3.8, 4) is 5.75 Å². The van der Waals surface area contributed by atoms with E-state index in [2.05, 4.69) is 0 Å². The SMILES string of the molecule is CC(=O)Oc1c(Cl)cccc1C=O. The van der Waals surface area contributed by atoms with Crippen LogP contribution in [0.25, 0.3) is 0 Å². The third-order valence-corrected chi connectivity index (χ3v) is 1.67. The molecule has 68 valence electrons. The topological polar surface area (TPSA) is 43.4 Å². The molecule has 1 aromatic rings. The van der Waals surface area contributed by atoms with Gasteiger partial charge in [0.25, 0.3) is 0 Å². The van der Waals surface area contributed by atoms with Crippen molar-refractivity contribution in [1.82, 2.24) is 0 Å². The van der Waals surface area contributed by atoms with E-state index in [1.807, 2.05) is 0 Å². The first-order chi connectivity index (χ1) is 6.15. The van der Waals surface area contributed by atoms with E-state index in [9.17, 15) is 9.59 Å². The molecule has 0 atom stereocenters. The summed E-state index contributed by atoms with van der Waals surface area (Å²) in [6, 6.07) is 4.68. The van der Waals surface area contributed by atoms with Gasteiger partial charge in [-0.15, -0.1) is 0 Å². The first-order valence-corrected chi connectivity index (χ1v) is 3.95. The molecule has 1 aromatic carbocycles. The maximum atomic E-state index is 10.6. The van der Waals surface area contributed by atoms with Crippen molar-refractivity contribution in [1.29, 1.82) is 0 Å². The number of halogens is 1. The number of para-hydroxylation sites is 1. The van der Waals surface area contributed by atoms with Crippen molar-refractivity contribution >= 4 is 23.9 Å². The zero-order valence-electron chi connectivity index (χ0n) is 6.91. The summed E-state index contributed by atoms with van der Waals surface area (Å²) in [6.07, 6.45) is 0.587. The van der Waals surface area contributed by atoms with Gasteiger partial charge in [-0.1, -0.05) is 17.7 Å². The molecule has 1 rings (SSSR count). The summed E-state index contributed by atoms with van der Waals surface area (Å²) in [5, 5.41) is 0.250. The van der Waals surface area contributed by atoms with Crippen LogP contribution in [0.2, 0.25) is 5.02 Å². The molecule has 13 heavy (non-hydrogen) atoms. The highest BCUT2D eigenvalue weighted by atomic mass is 35.5. The number of rotatable bonds is 2. The second kappa shape index (κ2) is 4.05. The maximum Gasteiger partial charge on any atom is 0.308 e. The van der Waals surface area contributed by atoms with Crippen molar-refractivity contribution in [2.24, 2.45) is 0 Å². The molecule has 0 aliphatic heterocycles. The van der Waals surface area contributed by atoms with Gasteiger partial charge >= 0.3 is 5.97 Å². The Kier molecular flexibility index (Phi) is 3.03. The number of carbonyl (C=O) groups excluding carboxylic acids is 2. The molecule has 0 spiro atoms. The number of aldehydes is 1. The van der Waals surface area contributed by atoms with E-state index in [0.717, 1.165) is 0 Å². The molecular formula is C9H7ClO3. The van der Waals surface area contributed by atoms with Gasteiger partial charge in [-0.25, -0.2) is 0 Å². The highest BCUT2D eigenvalue weighted by Crippen LogP contribution is 2.27. The second-order valence-electron chi connectivity index (χ2n) is 2.37. The second-order valence-corrected chi connectivity index (χ2v) is 2.78. The van der Waals surface area contributed by atoms with Crippen LogP contribution in [0.3, 0.4) is 0 Å². The van der Waals surface area contributed by atoms with E-state index in [1.165, 1.54) is 13.0 Å². The van der Waals surface area contributed by atoms with E-state index in [0.29, 0.717) is 6.29 Å². The molecule has 0 bridgehead atoms. The summed E-state index contributed by atoms with van der Waals surface area (Å²) in [4.78, 5) is 21.1. The third-order valence-electron chi connectivity index (χ3n) is 1.37. The van der Waals surface area contributed by atoms with Gasteiger partial charge in [-0.3, -0.25) is 9.59 Å². The van der Waals surface area contributed by atoms with Gasteiger partial charge in [0.05, 0.1) is 10.6 Å². The molecule has 0 saturated carbocycles.